The second-order valence-corrected chi connectivity index (χ2v) is 4.66. The topological polar surface area (TPSA) is 47.9 Å². The fourth-order valence-corrected chi connectivity index (χ4v) is 1.66. The van der Waals surface area contributed by atoms with E-state index in [0.29, 0.717) is 6.61 Å². The van der Waals surface area contributed by atoms with Crippen LogP contribution in [0, 0.1) is 0 Å². The van der Waals surface area contributed by atoms with Crippen molar-refractivity contribution in [1.82, 2.24) is 0 Å². The molecule has 0 amide bonds. The van der Waals surface area contributed by atoms with Crippen LogP contribution >= 0.6 is 0 Å². The Hall–Kier alpha value is -0.0951. The molecule has 2 unspecified atom stereocenters. The van der Waals surface area contributed by atoms with Crippen molar-refractivity contribution in [2.24, 2.45) is 0 Å². The maximum absolute atomic E-state index is 9.97. The third-order valence-corrected chi connectivity index (χ3v) is 2.40. The molecule has 0 aromatic heterocycles. The maximum Gasteiger partial charge on any atom is 0.112 e. The average Bonchev–Trinajstić information content (AvgIpc) is 2.42. The average molecular weight is 228 g/mol. The molecule has 0 aliphatic carbocycles. The molecule has 2 radical (unpaired) electrons. The van der Waals surface area contributed by atoms with E-state index in [9.17, 15) is 5.11 Å². The predicted octanol–water partition coefficient (Wildman–Crippen LogP) is 0.459. The molecule has 1 N–H and O–H groups in total. The van der Waals surface area contributed by atoms with E-state index in [-0.39, 0.29) is 12.2 Å². The van der Waals surface area contributed by atoms with Crippen molar-refractivity contribution < 1.29 is 19.3 Å². The van der Waals surface area contributed by atoms with Gasteiger partial charge in [-0.2, -0.15) is 0 Å². The smallest absolute Gasteiger partial charge is 0.112 e. The summed E-state index contributed by atoms with van der Waals surface area (Å²) in [5.74, 6) is 0. The zero-order valence-electron chi connectivity index (χ0n) is 10.4. The van der Waals surface area contributed by atoms with E-state index in [0.717, 1.165) is 0 Å². The van der Waals surface area contributed by atoms with E-state index in [2.05, 4.69) is 0 Å². The molecule has 1 rings (SSSR count). The van der Waals surface area contributed by atoms with E-state index >= 15 is 0 Å². The van der Waals surface area contributed by atoms with Gasteiger partial charge in [0.15, 0.2) is 0 Å². The zero-order valence-corrected chi connectivity index (χ0v) is 10.4. The summed E-state index contributed by atoms with van der Waals surface area (Å²) in [6.45, 7) is 8.01. The third-order valence-electron chi connectivity index (χ3n) is 2.40. The van der Waals surface area contributed by atoms with Crippen molar-refractivity contribution in [2.45, 2.75) is 64.2 Å². The lowest BCUT2D eigenvalue weighted by Gasteiger charge is -2.21. The molecule has 1 fully saturated rings. The van der Waals surface area contributed by atoms with Crippen LogP contribution in [0.3, 0.4) is 0 Å². The molecule has 0 saturated carbocycles. The normalized spacial score (nSPS) is 35.2. The van der Waals surface area contributed by atoms with Crippen LogP contribution in [0.4, 0.5) is 0 Å². The molecule has 4 nitrogen and oxygen atoms in total. The minimum atomic E-state index is -0.726. The van der Waals surface area contributed by atoms with E-state index in [1.165, 1.54) is 0 Å². The monoisotopic (exact) mass is 228 g/mol. The molecule has 1 heterocycles. The van der Waals surface area contributed by atoms with Crippen LogP contribution in [0.2, 0.25) is 0 Å². The molecule has 0 spiro atoms. The number of hydrogen-bond donors (Lipinski definition) is 1. The van der Waals surface area contributed by atoms with Gasteiger partial charge in [0.25, 0.3) is 0 Å². The summed E-state index contributed by atoms with van der Waals surface area (Å²) >= 11 is 0. The van der Waals surface area contributed by atoms with Crippen LogP contribution in [0.15, 0.2) is 0 Å². The highest BCUT2D eigenvalue weighted by Gasteiger charge is 2.42. The molecular weight excluding hydrogens is 207 g/mol. The van der Waals surface area contributed by atoms with Crippen LogP contribution in [0.1, 0.15) is 27.7 Å². The Morgan fingerprint density at radius 1 is 1.25 bits per heavy atom. The van der Waals surface area contributed by atoms with E-state index < -0.39 is 24.3 Å². The Kier molecular flexibility index (Phi) is 5.24. The molecule has 0 bridgehead atoms. The lowest BCUT2D eigenvalue weighted by Crippen LogP contribution is -2.38. The van der Waals surface area contributed by atoms with Gasteiger partial charge in [0.05, 0.1) is 18.8 Å². The van der Waals surface area contributed by atoms with Gasteiger partial charge in [-0.15, -0.1) is 0 Å². The van der Waals surface area contributed by atoms with Crippen molar-refractivity contribution in [1.29, 1.82) is 0 Å². The van der Waals surface area contributed by atoms with Crippen LogP contribution < -0.4 is 0 Å². The van der Waals surface area contributed by atoms with Gasteiger partial charge < -0.3 is 19.3 Å². The van der Waals surface area contributed by atoms with Crippen LogP contribution in [-0.2, 0) is 14.2 Å². The number of rotatable bonds is 5. The molecule has 16 heavy (non-hydrogen) atoms. The van der Waals surface area contributed by atoms with Crippen molar-refractivity contribution in [2.75, 3.05) is 6.61 Å². The summed E-state index contributed by atoms with van der Waals surface area (Å²) in [4.78, 5) is 0. The summed E-state index contributed by atoms with van der Waals surface area (Å²) in [5, 5.41) is 9.97. The van der Waals surface area contributed by atoms with Gasteiger partial charge in [-0.1, -0.05) is 0 Å². The highest BCUT2D eigenvalue weighted by Crippen LogP contribution is 2.23. The highest BCUT2D eigenvalue weighted by atomic mass is 16.6. The fraction of sp³-hybridized carbons (Fsp3) is 1.00. The van der Waals surface area contributed by atoms with Gasteiger partial charge >= 0.3 is 0 Å². The van der Waals surface area contributed by atoms with Crippen molar-refractivity contribution in [3.8, 4) is 0 Å². The Morgan fingerprint density at radius 2 is 1.88 bits per heavy atom. The molecule has 4 atom stereocenters. The summed E-state index contributed by atoms with van der Waals surface area (Å²) in [6, 6.07) is -0.585. The van der Waals surface area contributed by atoms with Crippen LogP contribution in [0.5, 0.6) is 0 Å². The Morgan fingerprint density at radius 3 is 2.38 bits per heavy atom. The maximum atomic E-state index is 9.97. The van der Waals surface area contributed by atoms with Crippen LogP contribution in [-0.4, -0.2) is 56.1 Å². The van der Waals surface area contributed by atoms with Crippen LogP contribution in [0.25, 0.3) is 0 Å². The molecule has 5 heteroatoms. The first kappa shape index (κ1) is 14.0. The molecule has 0 aromatic carbocycles. The quantitative estimate of drug-likeness (QED) is 0.694. The molecule has 1 saturated heterocycles. The minimum Gasteiger partial charge on any atom is -0.388 e. The Labute approximate surface area is 98.7 Å². The fourth-order valence-electron chi connectivity index (χ4n) is 1.66. The highest BCUT2D eigenvalue weighted by molar-refractivity contribution is 6.11. The molecular formula is C11H21BO4. The number of hydrogen-bond acceptors (Lipinski definition) is 4. The van der Waals surface area contributed by atoms with E-state index in [1.807, 2.05) is 27.7 Å². The number of ether oxygens (including phenoxy) is 3. The third kappa shape index (κ3) is 3.73. The lowest BCUT2D eigenvalue weighted by atomic mass is 9.93. The second kappa shape index (κ2) is 6.01. The molecule has 1 aliphatic heterocycles. The lowest BCUT2D eigenvalue weighted by molar-refractivity contribution is -0.0629. The van der Waals surface area contributed by atoms with Gasteiger partial charge in [0, 0.05) is 6.00 Å². The standard InChI is InChI=1S/C11H21BO4/c1-6(2)14-5-8-9(13)10(11(12)16-8)15-7(3)4/h6-11,13H,5H2,1-4H3/t8-,9?,10?,11-/m1/s1. The van der Waals surface area contributed by atoms with Gasteiger partial charge in [0.2, 0.25) is 0 Å². The predicted molar refractivity (Wildman–Crippen MR) is 61.5 cm³/mol. The first-order chi connectivity index (χ1) is 7.41. The summed E-state index contributed by atoms with van der Waals surface area (Å²) in [6.07, 6.45) is -1.48. The van der Waals surface area contributed by atoms with Crippen molar-refractivity contribution >= 4 is 7.85 Å². The van der Waals surface area contributed by atoms with Gasteiger partial charge in [-0.05, 0) is 27.7 Å². The van der Waals surface area contributed by atoms with Gasteiger partial charge in [-0.3, -0.25) is 0 Å². The Bertz CT molecular complexity index is 210. The molecule has 1 aliphatic rings. The summed E-state index contributed by atoms with van der Waals surface area (Å²) in [7, 11) is 5.75. The Balaban J connectivity index is 2.46. The SMILES string of the molecule is [B][C@@H]1O[C@H](COC(C)C)C(O)C1OC(C)C. The minimum absolute atomic E-state index is 0.0130. The summed E-state index contributed by atoms with van der Waals surface area (Å²) < 4.78 is 16.3. The molecule has 0 aromatic rings. The van der Waals surface area contributed by atoms with Gasteiger partial charge in [-0.25, -0.2) is 0 Å². The number of aliphatic hydroxyl groups is 1. The zero-order chi connectivity index (χ0) is 12.3. The van der Waals surface area contributed by atoms with Crippen molar-refractivity contribution in [3.63, 3.8) is 0 Å². The number of aliphatic hydroxyl groups excluding tert-OH is 1. The molecule has 92 valence electrons. The van der Waals surface area contributed by atoms with E-state index in [1.54, 1.807) is 0 Å². The summed E-state index contributed by atoms with van der Waals surface area (Å²) in [5.41, 5.74) is 0. The van der Waals surface area contributed by atoms with Gasteiger partial charge in [0.1, 0.15) is 26.2 Å². The van der Waals surface area contributed by atoms with Crippen molar-refractivity contribution in [3.05, 3.63) is 0 Å². The largest absolute Gasteiger partial charge is 0.388 e. The first-order valence-electron chi connectivity index (χ1n) is 5.78. The van der Waals surface area contributed by atoms with E-state index in [4.69, 9.17) is 22.1 Å². The first-order valence-corrected chi connectivity index (χ1v) is 5.78. The second-order valence-electron chi connectivity index (χ2n) is 4.66.